The quantitative estimate of drug-likeness (QED) is 0.617. The molecule has 2 heterocycles. The van der Waals surface area contributed by atoms with Crippen LogP contribution < -0.4 is 0 Å². The lowest BCUT2D eigenvalue weighted by molar-refractivity contribution is -0.193. The number of likely N-dealkylation sites (N-methyl/N-ethyl adjacent to an activating group) is 1. The molecule has 22 heavy (non-hydrogen) atoms. The average Bonchev–Trinajstić information content (AvgIpc) is 2.89. The van der Waals surface area contributed by atoms with Gasteiger partial charge >= 0.3 is 18.1 Å². The van der Waals surface area contributed by atoms with Crippen LogP contribution in [0.2, 0.25) is 0 Å². The van der Waals surface area contributed by atoms with Crippen molar-refractivity contribution < 1.29 is 31.9 Å². The third-order valence-electron chi connectivity index (χ3n) is 3.26. The molecule has 0 amide bonds. The number of carbonyl (C=O) groups excluding carboxylic acids is 2. The Morgan fingerprint density at radius 3 is 2.45 bits per heavy atom. The first kappa shape index (κ1) is 16.5. The maximum Gasteiger partial charge on any atom is 0.491 e. The first-order valence-corrected chi connectivity index (χ1v) is 6.58. The Morgan fingerprint density at radius 1 is 1.23 bits per heavy atom. The van der Waals surface area contributed by atoms with E-state index >= 15 is 0 Å². The lowest BCUT2D eigenvalue weighted by Gasteiger charge is -2.31. The van der Waals surface area contributed by atoms with Crippen LogP contribution in [0.1, 0.15) is 16.3 Å². The van der Waals surface area contributed by atoms with Crippen molar-refractivity contribution in [3.8, 4) is 0 Å². The molecule has 122 valence electrons. The van der Waals surface area contributed by atoms with E-state index in [0.29, 0.717) is 12.3 Å². The SMILES string of the molecule is CN1CCN(Cc2ccc(C(=O)OC(=O)C(F)(F)F)o2)CC1. The molecule has 0 unspecified atom stereocenters. The Morgan fingerprint density at radius 2 is 1.86 bits per heavy atom. The van der Waals surface area contributed by atoms with E-state index in [2.05, 4.69) is 14.5 Å². The molecule has 1 aliphatic heterocycles. The van der Waals surface area contributed by atoms with Crippen LogP contribution >= 0.6 is 0 Å². The molecule has 0 radical (unpaired) electrons. The number of hydrogen-bond acceptors (Lipinski definition) is 6. The third-order valence-corrected chi connectivity index (χ3v) is 3.26. The van der Waals surface area contributed by atoms with Gasteiger partial charge in [-0.3, -0.25) is 4.90 Å². The van der Waals surface area contributed by atoms with Gasteiger partial charge in [-0.05, 0) is 19.2 Å². The highest BCUT2D eigenvalue weighted by atomic mass is 19.4. The topological polar surface area (TPSA) is 63.0 Å². The smallest absolute Gasteiger partial charge is 0.453 e. The van der Waals surface area contributed by atoms with Crippen LogP contribution in [-0.2, 0) is 16.1 Å². The van der Waals surface area contributed by atoms with Gasteiger partial charge in [0.15, 0.2) is 0 Å². The van der Waals surface area contributed by atoms with Crippen LogP contribution in [0.3, 0.4) is 0 Å². The van der Waals surface area contributed by atoms with Crippen LogP contribution in [0.5, 0.6) is 0 Å². The Bertz CT molecular complexity index is 548. The lowest BCUT2D eigenvalue weighted by Crippen LogP contribution is -2.43. The zero-order valence-corrected chi connectivity index (χ0v) is 11.9. The normalized spacial score (nSPS) is 17.5. The zero-order chi connectivity index (χ0) is 16.3. The van der Waals surface area contributed by atoms with Gasteiger partial charge in [0.1, 0.15) is 5.76 Å². The monoisotopic (exact) mass is 320 g/mol. The fraction of sp³-hybridized carbons (Fsp3) is 0.538. The number of esters is 2. The highest BCUT2D eigenvalue weighted by Crippen LogP contribution is 2.19. The molecule has 0 aliphatic carbocycles. The number of rotatable bonds is 3. The average molecular weight is 320 g/mol. The van der Waals surface area contributed by atoms with Gasteiger partial charge in [-0.15, -0.1) is 0 Å². The lowest BCUT2D eigenvalue weighted by atomic mass is 10.3. The molecule has 0 atom stereocenters. The van der Waals surface area contributed by atoms with Crippen LogP contribution in [0, 0.1) is 0 Å². The molecule has 1 aromatic heterocycles. The number of halogens is 3. The van der Waals surface area contributed by atoms with Gasteiger partial charge in [0.05, 0.1) is 6.54 Å². The summed E-state index contributed by atoms with van der Waals surface area (Å²) in [6.07, 6.45) is -5.22. The van der Waals surface area contributed by atoms with E-state index in [9.17, 15) is 22.8 Å². The van der Waals surface area contributed by atoms with E-state index < -0.39 is 23.9 Å². The van der Waals surface area contributed by atoms with E-state index in [1.54, 1.807) is 0 Å². The van der Waals surface area contributed by atoms with Gasteiger partial charge in [-0.25, -0.2) is 9.59 Å². The summed E-state index contributed by atoms with van der Waals surface area (Å²) in [6, 6.07) is 2.67. The molecule has 1 saturated heterocycles. The molecule has 0 spiro atoms. The molecule has 0 bridgehead atoms. The summed E-state index contributed by atoms with van der Waals surface area (Å²) >= 11 is 0. The van der Waals surface area contributed by atoms with Crippen molar-refractivity contribution in [2.24, 2.45) is 0 Å². The summed E-state index contributed by atoms with van der Waals surface area (Å²) in [5.41, 5.74) is 0. The van der Waals surface area contributed by atoms with E-state index in [1.165, 1.54) is 12.1 Å². The van der Waals surface area contributed by atoms with Crippen molar-refractivity contribution in [2.45, 2.75) is 12.7 Å². The van der Waals surface area contributed by atoms with Crippen LogP contribution in [0.15, 0.2) is 16.5 Å². The van der Waals surface area contributed by atoms with Crippen molar-refractivity contribution in [1.82, 2.24) is 9.80 Å². The molecule has 1 aliphatic rings. The molecule has 6 nitrogen and oxygen atoms in total. The van der Waals surface area contributed by atoms with Crippen molar-refractivity contribution in [2.75, 3.05) is 33.2 Å². The maximum absolute atomic E-state index is 12.0. The van der Waals surface area contributed by atoms with Crippen molar-refractivity contribution in [3.63, 3.8) is 0 Å². The standard InChI is InChI=1S/C13H15F3N2O4/c1-17-4-6-18(7-5-17)8-9-2-3-10(21-9)11(19)22-12(20)13(14,15)16/h2-3H,4-8H2,1H3. The highest BCUT2D eigenvalue weighted by Gasteiger charge is 2.43. The van der Waals surface area contributed by atoms with E-state index in [1.807, 2.05) is 7.05 Å². The van der Waals surface area contributed by atoms with Gasteiger partial charge in [-0.2, -0.15) is 13.2 Å². The molecular formula is C13H15F3N2O4. The number of alkyl halides is 3. The fourth-order valence-electron chi connectivity index (χ4n) is 1.99. The molecule has 1 aromatic rings. The highest BCUT2D eigenvalue weighted by molar-refractivity contribution is 5.96. The fourth-order valence-corrected chi connectivity index (χ4v) is 1.99. The molecule has 0 saturated carbocycles. The third kappa shape index (κ3) is 4.31. The summed E-state index contributed by atoms with van der Waals surface area (Å²) in [5.74, 6) is -4.01. The Balaban J connectivity index is 1.91. The largest absolute Gasteiger partial charge is 0.491 e. The summed E-state index contributed by atoms with van der Waals surface area (Å²) in [7, 11) is 2.01. The van der Waals surface area contributed by atoms with E-state index in [0.717, 1.165) is 26.2 Å². The predicted octanol–water partition coefficient (Wildman–Crippen LogP) is 1.27. The van der Waals surface area contributed by atoms with E-state index in [-0.39, 0.29) is 0 Å². The van der Waals surface area contributed by atoms with Crippen molar-refractivity contribution >= 4 is 11.9 Å². The Kier molecular flexibility index (Phi) is 4.87. The number of carbonyl (C=O) groups is 2. The van der Waals surface area contributed by atoms with Gasteiger partial charge < -0.3 is 14.1 Å². The summed E-state index contributed by atoms with van der Waals surface area (Å²) < 4.78 is 44.8. The number of nitrogens with zero attached hydrogens (tertiary/aromatic N) is 2. The first-order chi connectivity index (χ1) is 10.3. The van der Waals surface area contributed by atoms with E-state index in [4.69, 9.17) is 4.42 Å². The minimum atomic E-state index is -5.22. The molecule has 0 N–H and O–H groups in total. The van der Waals surface area contributed by atoms with Gasteiger partial charge in [0.2, 0.25) is 5.76 Å². The number of ether oxygens (including phenoxy) is 1. The molecule has 2 rings (SSSR count). The summed E-state index contributed by atoms with van der Waals surface area (Å²) in [6.45, 7) is 3.88. The van der Waals surface area contributed by atoms with Crippen LogP contribution in [-0.4, -0.2) is 61.1 Å². The van der Waals surface area contributed by atoms with Crippen LogP contribution in [0.25, 0.3) is 0 Å². The second-order valence-corrected chi connectivity index (χ2v) is 5.02. The molecule has 0 aromatic carbocycles. The maximum atomic E-state index is 12.0. The van der Waals surface area contributed by atoms with Crippen molar-refractivity contribution in [1.29, 1.82) is 0 Å². The molecule has 1 fully saturated rings. The Hall–Kier alpha value is -1.87. The van der Waals surface area contributed by atoms with Gasteiger partial charge in [0.25, 0.3) is 0 Å². The van der Waals surface area contributed by atoms with Gasteiger partial charge in [0, 0.05) is 26.2 Å². The second kappa shape index (κ2) is 6.49. The number of furan rings is 1. The predicted molar refractivity (Wildman–Crippen MR) is 68.0 cm³/mol. The van der Waals surface area contributed by atoms with Crippen LogP contribution in [0.4, 0.5) is 13.2 Å². The minimum absolute atomic E-state index is 0.427. The van der Waals surface area contributed by atoms with Gasteiger partial charge in [-0.1, -0.05) is 0 Å². The second-order valence-electron chi connectivity index (χ2n) is 5.02. The number of hydrogen-bond donors (Lipinski definition) is 0. The number of piperazine rings is 1. The zero-order valence-electron chi connectivity index (χ0n) is 11.9. The van der Waals surface area contributed by atoms with Crippen molar-refractivity contribution in [3.05, 3.63) is 23.7 Å². The summed E-state index contributed by atoms with van der Waals surface area (Å²) in [4.78, 5) is 26.2. The molecule has 9 heteroatoms. The first-order valence-electron chi connectivity index (χ1n) is 6.58. The minimum Gasteiger partial charge on any atom is -0.453 e. The molecular weight excluding hydrogens is 305 g/mol. The Labute approximate surface area is 124 Å². The summed E-state index contributed by atoms with van der Waals surface area (Å²) in [5, 5.41) is 0.